The van der Waals surface area contributed by atoms with E-state index in [0.29, 0.717) is 22.2 Å². The number of aliphatic carboxylic acids is 1. The number of carboxylic acid groups (broad SMARTS) is 1. The van der Waals surface area contributed by atoms with E-state index in [-0.39, 0.29) is 0 Å². The second-order valence-corrected chi connectivity index (χ2v) is 10.4. The monoisotopic (exact) mass is 302 g/mol. The van der Waals surface area contributed by atoms with Crippen LogP contribution in [0.2, 0.25) is 0 Å². The first-order valence-corrected chi connectivity index (χ1v) is 9.50. The van der Waals surface area contributed by atoms with Crippen LogP contribution >= 0.6 is 0 Å². The van der Waals surface area contributed by atoms with E-state index in [9.17, 15) is 9.90 Å². The average Bonchev–Trinajstić information content (AvgIpc) is 2.89. The lowest BCUT2D eigenvalue weighted by Crippen LogP contribution is -2.59. The molecule has 6 aliphatic rings. The summed E-state index contributed by atoms with van der Waals surface area (Å²) in [5, 5.41) is 9.92. The number of carbonyl (C=O) groups is 1. The molecule has 22 heavy (non-hydrogen) atoms. The van der Waals surface area contributed by atoms with Gasteiger partial charge in [0.1, 0.15) is 0 Å². The number of hydrogen-bond acceptors (Lipinski definition) is 1. The van der Waals surface area contributed by atoms with Crippen molar-refractivity contribution >= 4 is 5.97 Å². The molecule has 6 fully saturated rings. The van der Waals surface area contributed by atoms with Crippen molar-refractivity contribution < 1.29 is 9.90 Å². The van der Waals surface area contributed by atoms with Crippen molar-refractivity contribution in [2.45, 2.75) is 72.1 Å². The molecular formula is C20H30O2. The first kappa shape index (κ1) is 13.9. The van der Waals surface area contributed by atoms with Gasteiger partial charge in [-0.2, -0.15) is 0 Å². The van der Waals surface area contributed by atoms with Gasteiger partial charge in [0.25, 0.3) is 0 Å². The van der Waals surface area contributed by atoms with Gasteiger partial charge < -0.3 is 5.11 Å². The van der Waals surface area contributed by atoms with Gasteiger partial charge >= 0.3 is 5.97 Å². The van der Waals surface area contributed by atoms with Gasteiger partial charge in [-0.1, -0.05) is 20.3 Å². The third-order valence-electron chi connectivity index (χ3n) is 9.85. The maximum absolute atomic E-state index is 12.0. The molecule has 0 heterocycles. The van der Waals surface area contributed by atoms with Crippen LogP contribution in [0.5, 0.6) is 0 Å². The fourth-order valence-electron chi connectivity index (χ4n) is 8.87. The van der Waals surface area contributed by atoms with Crippen LogP contribution in [-0.2, 0) is 4.79 Å². The molecule has 6 aliphatic carbocycles. The van der Waals surface area contributed by atoms with E-state index in [2.05, 4.69) is 20.8 Å². The van der Waals surface area contributed by atoms with Gasteiger partial charge in [-0.15, -0.1) is 0 Å². The minimum absolute atomic E-state index is 0.290. The molecule has 8 atom stereocenters. The summed E-state index contributed by atoms with van der Waals surface area (Å²) in [7, 11) is 0. The molecular weight excluding hydrogens is 272 g/mol. The molecule has 6 rings (SSSR count). The Bertz CT molecular complexity index is 570. The third-order valence-corrected chi connectivity index (χ3v) is 9.85. The van der Waals surface area contributed by atoms with Gasteiger partial charge in [0.2, 0.25) is 0 Å². The van der Waals surface area contributed by atoms with Gasteiger partial charge in [0.15, 0.2) is 0 Å². The minimum atomic E-state index is -0.530. The summed E-state index contributed by atoms with van der Waals surface area (Å²) in [6, 6.07) is 0. The molecule has 6 saturated carbocycles. The summed E-state index contributed by atoms with van der Waals surface area (Å²) in [5.41, 5.74) is 1.10. The quantitative estimate of drug-likeness (QED) is 0.760. The Balaban J connectivity index is 1.56. The Labute approximate surface area is 134 Å². The lowest BCUT2D eigenvalue weighted by atomic mass is 9.39. The second kappa shape index (κ2) is 3.59. The minimum Gasteiger partial charge on any atom is -0.481 e. The van der Waals surface area contributed by atoms with Gasteiger partial charge in [-0.3, -0.25) is 4.79 Å². The smallest absolute Gasteiger partial charge is 0.309 e. The Hall–Kier alpha value is -0.530. The van der Waals surface area contributed by atoms with Crippen LogP contribution in [0, 0.1) is 45.3 Å². The van der Waals surface area contributed by atoms with E-state index in [4.69, 9.17) is 0 Å². The van der Waals surface area contributed by atoms with Gasteiger partial charge in [-0.05, 0) is 91.8 Å². The third kappa shape index (κ3) is 1.26. The molecule has 0 amide bonds. The highest BCUT2D eigenvalue weighted by molar-refractivity contribution is 5.75. The van der Waals surface area contributed by atoms with Crippen molar-refractivity contribution in [2.75, 3.05) is 0 Å². The standard InChI is InChI=1S/C20H30O2/c1-17-6-4-7-18(2,16(21)22)14(17)5-8-20-10-13-12(9-15(17)20)19(13,3)11-20/h12-15H,4-11H2,1-3H3,(H,21,22)/t12-,13+,14+,15-,17-,18+,19-,20+/m0/s1. The van der Waals surface area contributed by atoms with Gasteiger partial charge in [0.05, 0.1) is 5.41 Å². The highest BCUT2D eigenvalue weighted by atomic mass is 16.4. The first-order valence-electron chi connectivity index (χ1n) is 9.50. The van der Waals surface area contributed by atoms with Crippen LogP contribution in [0.25, 0.3) is 0 Å². The van der Waals surface area contributed by atoms with Crippen molar-refractivity contribution in [1.29, 1.82) is 0 Å². The van der Waals surface area contributed by atoms with Crippen molar-refractivity contribution in [1.82, 2.24) is 0 Å². The SMILES string of the molecule is C[C@]12CCC[C@@](C)(C(=O)O)[C@@H]1CC[C@]13C[C@@H]4[C@H](C[C@H]12)[C@]4(C)C3. The average molecular weight is 302 g/mol. The van der Waals surface area contributed by atoms with Crippen molar-refractivity contribution in [3.05, 3.63) is 0 Å². The number of fused-ring (bicyclic) bond motifs is 1. The summed E-state index contributed by atoms with van der Waals surface area (Å²) < 4.78 is 0. The molecule has 1 spiro atoms. The summed E-state index contributed by atoms with van der Waals surface area (Å²) >= 11 is 0. The van der Waals surface area contributed by atoms with Crippen LogP contribution < -0.4 is 0 Å². The van der Waals surface area contributed by atoms with Crippen LogP contribution in [0.3, 0.4) is 0 Å². The zero-order valence-electron chi connectivity index (χ0n) is 14.3. The largest absolute Gasteiger partial charge is 0.481 e. The van der Waals surface area contributed by atoms with E-state index in [1.165, 1.54) is 38.5 Å². The Morgan fingerprint density at radius 3 is 2.41 bits per heavy atom. The summed E-state index contributed by atoms with van der Waals surface area (Å²) in [5.74, 6) is 2.70. The Morgan fingerprint density at radius 2 is 1.77 bits per heavy atom. The Kier molecular flexibility index (Phi) is 2.27. The van der Waals surface area contributed by atoms with E-state index in [0.717, 1.165) is 30.6 Å². The Morgan fingerprint density at radius 1 is 1.00 bits per heavy atom. The maximum Gasteiger partial charge on any atom is 0.309 e. The maximum atomic E-state index is 12.0. The van der Waals surface area contributed by atoms with Crippen LogP contribution in [-0.4, -0.2) is 11.1 Å². The zero-order chi connectivity index (χ0) is 15.5. The normalized spacial score (nSPS) is 64.7. The predicted octanol–water partition coefficient (Wildman–Crippen LogP) is 4.73. The number of rotatable bonds is 1. The van der Waals surface area contributed by atoms with Gasteiger partial charge in [0, 0.05) is 0 Å². The van der Waals surface area contributed by atoms with Crippen molar-refractivity contribution in [3.63, 3.8) is 0 Å². The zero-order valence-corrected chi connectivity index (χ0v) is 14.3. The van der Waals surface area contributed by atoms with Crippen molar-refractivity contribution in [2.24, 2.45) is 45.3 Å². The van der Waals surface area contributed by atoms with E-state index >= 15 is 0 Å². The van der Waals surface area contributed by atoms with Crippen LogP contribution in [0.4, 0.5) is 0 Å². The number of carboxylic acids is 1. The predicted molar refractivity (Wildman–Crippen MR) is 85.3 cm³/mol. The molecule has 0 aromatic heterocycles. The summed E-state index contributed by atoms with van der Waals surface area (Å²) in [4.78, 5) is 12.0. The molecule has 4 bridgehead atoms. The highest BCUT2D eigenvalue weighted by Gasteiger charge is 2.78. The molecule has 0 unspecified atom stereocenters. The molecule has 0 aromatic rings. The topological polar surface area (TPSA) is 37.3 Å². The first-order chi connectivity index (χ1) is 10.3. The van der Waals surface area contributed by atoms with Crippen LogP contribution in [0.15, 0.2) is 0 Å². The van der Waals surface area contributed by atoms with Crippen LogP contribution in [0.1, 0.15) is 72.1 Å². The lowest BCUT2D eigenvalue weighted by Gasteiger charge is -2.65. The molecule has 2 nitrogen and oxygen atoms in total. The summed E-state index contributed by atoms with van der Waals surface area (Å²) in [6.45, 7) is 7.09. The second-order valence-electron chi connectivity index (χ2n) is 10.4. The summed E-state index contributed by atoms with van der Waals surface area (Å²) in [6.07, 6.45) is 10.1. The van der Waals surface area contributed by atoms with E-state index in [1.807, 2.05) is 0 Å². The number of hydrogen-bond donors (Lipinski definition) is 1. The molecule has 122 valence electrons. The van der Waals surface area contributed by atoms with Crippen molar-refractivity contribution in [3.8, 4) is 0 Å². The molecule has 0 radical (unpaired) electrons. The van der Waals surface area contributed by atoms with E-state index < -0.39 is 11.4 Å². The molecule has 1 N–H and O–H groups in total. The fraction of sp³-hybridized carbons (Fsp3) is 0.950. The molecule has 2 heteroatoms. The molecule has 0 saturated heterocycles. The molecule has 0 aromatic carbocycles. The van der Waals surface area contributed by atoms with Gasteiger partial charge in [-0.25, -0.2) is 0 Å². The lowest BCUT2D eigenvalue weighted by molar-refractivity contribution is -0.187. The fourth-order valence-corrected chi connectivity index (χ4v) is 8.87. The van der Waals surface area contributed by atoms with E-state index in [1.54, 1.807) is 0 Å². The highest BCUT2D eigenvalue weighted by Crippen LogP contribution is 2.85. The molecule has 0 aliphatic heterocycles.